The first kappa shape index (κ1) is 15.0. The molecule has 0 amide bonds. The monoisotopic (exact) mass is 286 g/mol. The van der Waals surface area contributed by atoms with E-state index < -0.39 is 0 Å². The maximum atomic E-state index is 10.7. The Morgan fingerprint density at radius 1 is 1.10 bits per heavy atom. The summed E-state index contributed by atoms with van der Waals surface area (Å²) in [6, 6.07) is 14.5. The van der Waals surface area contributed by atoms with Gasteiger partial charge in [0, 0.05) is 25.2 Å². The number of rotatable bonds is 7. The summed E-state index contributed by atoms with van der Waals surface area (Å²) in [6.45, 7) is 3.91. The van der Waals surface area contributed by atoms with E-state index in [0.717, 1.165) is 16.9 Å². The summed E-state index contributed by atoms with van der Waals surface area (Å²) >= 11 is 0. The van der Waals surface area contributed by atoms with Crippen LogP contribution in [-0.2, 0) is 13.1 Å². The molecule has 2 aromatic rings. The summed E-state index contributed by atoms with van der Waals surface area (Å²) in [6.07, 6.45) is 0. The largest absolute Gasteiger partial charge is 0.494 e. The second-order valence-corrected chi connectivity index (χ2v) is 4.61. The van der Waals surface area contributed by atoms with Crippen molar-refractivity contribution in [1.29, 1.82) is 0 Å². The minimum absolute atomic E-state index is 0.121. The molecular weight excluding hydrogens is 268 g/mol. The predicted octanol–water partition coefficient (Wildman–Crippen LogP) is 3.28. The van der Waals surface area contributed by atoms with Gasteiger partial charge in [0.05, 0.1) is 11.5 Å². The molecule has 0 unspecified atom stereocenters. The lowest BCUT2D eigenvalue weighted by Crippen LogP contribution is -2.12. The summed E-state index contributed by atoms with van der Waals surface area (Å²) in [5.41, 5.74) is 2.16. The molecular formula is C16H18N2O3. The Balaban J connectivity index is 1.86. The Kier molecular flexibility index (Phi) is 5.29. The van der Waals surface area contributed by atoms with Crippen LogP contribution in [0, 0.1) is 10.1 Å². The Hall–Kier alpha value is -2.40. The molecule has 0 saturated carbocycles. The van der Waals surface area contributed by atoms with E-state index in [2.05, 4.69) is 5.32 Å². The van der Waals surface area contributed by atoms with E-state index >= 15 is 0 Å². The van der Waals surface area contributed by atoms with Crippen LogP contribution in [0.5, 0.6) is 5.75 Å². The standard InChI is InChI=1S/C16H18N2O3/c1-2-21-16-8-6-13(7-9-16)11-17-12-14-4-3-5-15(10-14)18(19)20/h3-10,17H,2,11-12H2,1H3. The molecule has 0 aliphatic carbocycles. The number of hydrogen-bond acceptors (Lipinski definition) is 4. The maximum absolute atomic E-state index is 10.7. The Labute approximate surface area is 123 Å². The van der Waals surface area contributed by atoms with Crippen molar-refractivity contribution in [3.8, 4) is 5.75 Å². The number of nitro benzene ring substituents is 1. The van der Waals surface area contributed by atoms with Crippen LogP contribution in [-0.4, -0.2) is 11.5 Å². The SMILES string of the molecule is CCOc1ccc(CNCc2cccc([N+](=O)[O-])c2)cc1. The zero-order valence-corrected chi connectivity index (χ0v) is 11.9. The molecule has 2 rings (SSSR count). The van der Waals surface area contributed by atoms with E-state index in [1.165, 1.54) is 6.07 Å². The average molecular weight is 286 g/mol. The highest BCUT2D eigenvalue weighted by atomic mass is 16.6. The third-order valence-electron chi connectivity index (χ3n) is 3.01. The lowest BCUT2D eigenvalue weighted by atomic mass is 10.2. The molecule has 0 fully saturated rings. The number of ether oxygens (including phenoxy) is 1. The van der Waals surface area contributed by atoms with Gasteiger partial charge in [-0.15, -0.1) is 0 Å². The van der Waals surface area contributed by atoms with Crippen molar-refractivity contribution in [2.24, 2.45) is 0 Å². The predicted molar refractivity (Wildman–Crippen MR) is 81.3 cm³/mol. The highest BCUT2D eigenvalue weighted by molar-refractivity contribution is 5.34. The fourth-order valence-corrected chi connectivity index (χ4v) is 2.00. The van der Waals surface area contributed by atoms with Crippen molar-refractivity contribution >= 4 is 5.69 Å². The van der Waals surface area contributed by atoms with Gasteiger partial charge in [0.25, 0.3) is 5.69 Å². The molecule has 0 aliphatic rings. The minimum Gasteiger partial charge on any atom is -0.494 e. The van der Waals surface area contributed by atoms with Gasteiger partial charge in [0.15, 0.2) is 0 Å². The summed E-state index contributed by atoms with van der Waals surface area (Å²) < 4.78 is 5.39. The molecule has 5 nitrogen and oxygen atoms in total. The number of non-ortho nitro benzene ring substituents is 1. The average Bonchev–Trinajstić information content (AvgIpc) is 2.50. The van der Waals surface area contributed by atoms with Crippen LogP contribution in [0.1, 0.15) is 18.1 Å². The van der Waals surface area contributed by atoms with Crippen LogP contribution in [0.25, 0.3) is 0 Å². The second kappa shape index (κ2) is 7.40. The molecule has 0 spiro atoms. The normalized spacial score (nSPS) is 10.3. The van der Waals surface area contributed by atoms with Crippen LogP contribution < -0.4 is 10.1 Å². The van der Waals surface area contributed by atoms with Crippen molar-refractivity contribution in [3.63, 3.8) is 0 Å². The van der Waals surface area contributed by atoms with Gasteiger partial charge in [-0.2, -0.15) is 0 Å². The van der Waals surface area contributed by atoms with Gasteiger partial charge in [-0.3, -0.25) is 10.1 Å². The lowest BCUT2D eigenvalue weighted by molar-refractivity contribution is -0.384. The van der Waals surface area contributed by atoms with Gasteiger partial charge in [0.1, 0.15) is 5.75 Å². The number of hydrogen-bond donors (Lipinski definition) is 1. The van der Waals surface area contributed by atoms with E-state index in [1.54, 1.807) is 12.1 Å². The topological polar surface area (TPSA) is 64.4 Å². The van der Waals surface area contributed by atoms with E-state index in [1.807, 2.05) is 37.3 Å². The zero-order valence-electron chi connectivity index (χ0n) is 11.9. The smallest absolute Gasteiger partial charge is 0.269 e. The van der Waals surface area contributed by atoms with Crippen LogP contribution in [0.4, 0.5) is 5.69 Å². The van der Waals surface area contributed by atoms with Crippen molar-refractivity contribution in [2.45, 2.75) is 20.0 Å². The van der Waals surface area contributed by atoms with Crippen molar-refractivity contribution in [3.05, 3.63) is 69.8 Å². The molecule has 0 atom stereocenters. The first-order chi connectivity index (χ1) is 10.2. The molecule has 0 saturated heterocycles. The van der Waals surface area contributed by atoms with Gasteiger partial charge in [-0.25, -0.2) is 0 Å². The summed E-state index contributed by atoms with van der Waals surface area (Å²) in [5, 5.41) is 14.0. The Morgan fingerprint density at radius 3 is 2.48 bits per heavy atom. The molecule has 0 radical (unpaired) electrons. The molecule has 110 valence electrons. The molecule has 5 heteroatoms. The fourth-order valence-electron chi connectivity index (χ4n) is 2.00. The first-order valence-corrected chi connectivity index (χ1v) is 6.85. The molecule has 1 N–H and O–H groups in total. The Morgan fingerprint density at radius 2 is 1.81 bits per heavy atom. The van der Waals surface area contributed by atoms with E-state index in [0.29, 0.717) is 19.7 Å². The Bertz CT molecular complexity index is 597. The third kappa shape index (κ3) is 4.57. The molecule has 21 heavy (non-hydrogen) atoms. The van der Waals surface area contributed by atoms with Crippen molar-refractivity contribution in [1.82, 2.24) is 5.32 Å². The van der Waals surface area contributed by atoms with E-state index in [4.69, 9.17) is 4.74 Å². The summed E-state index contributed by atoms with van der Waals surface area (Å²) in [4.78, 5) is 10.3. The quantitative estimate of drug-likeness (QED) is 0.626. The van der Waals surface area contributed by atoms with Gasteiger partial charge >= 0.3 is 0 Å². The van der Waals surface area contributed by atoms with Crippen LogP contribution in [0.15, 0.2) is 48.5 Å². The molecule has 0 aliphatic heterocycles. The van der Waals surface area contributed by atoms with E-state index in [9.17, 15) is 10.1 Å². The summed E-state index contributed by atoms with van der Waals surface area (Å²) in [7, 11) is 0. The van der Waals surface area contributed by atoms with Gasteiger partial charge < -0.3 is 10.1 Å². The fraction of sp³-hybridized carbons (Fsp3) is 0.250. The van der Waals surface area contributed by atoms with Crippen LogP contribution in [0.3, 0.4) is 0 Å². The number of nitrogens with one attached hydrogen (secondary N) is 1. The van der Waals surface area contributed by atoms with Crippen molar-refractivity contribution in [2.75, 3.05) is 6.61 Å². The van der Waals surface area contributed by atoms with Crippen molar-refractivity contribution < 1.29 is 9.66 Å². The van der Waals surface area contributed by atoms with Gasteiger partial charge in [-0.05, 0) is 30.2 Å². The van der Waals surface area contributed by atoms with E-state index in [-0.39, 0.29) is 10.6 Å². The van der Waals surface area contributed by atoms with Crippen LogP contribution in [0.2, 0.25) is 0 Å². The molecule has 0 heterocycles. The molecule has 0 bridgehead atoms. The number of benzene rings is 2. The van der Waals surface area contributed by atoms with Gasteiger partial charge in [-0.1, -0.05) is 24.3 Å². The minimum atomic E-state index is -0.379. The maximum Gasteiger partial charge on any atom is 0.269 e. The highest BCUT2D eigenvalue weighted by Gasteiger charge is 2.05. The number of nitrogens with zero attached hydrogens (tertiary/aromatic N) is 1. The molecule has 0 aromatic heterocycles. The second-order valence-electron chi connectivity index (χ2n) is 4.61. The van der Waals surface area contributed by atoms with Gasteiger partial charge in [0.2, 0.25) is 0 Å². The third-order valence-corrected chi connectivity index (χ3v) is 3.01. The highest BCUT2D eigenvalue weighted by Crippen LogP contribution is 2.14. The number of nitro groups is 1. The lowest BCUT2D eigenvalue weighted by Gasteiger charge is -2.07. The summed E-state index contributed by atoms with van der Waals surface area (Å²) in [5.74, 6) is 0.861. The molecule has 2 aromatic carbocycles. The first-order valence-electron chi connectivity index (χ1n) is 6.85. The zero-order chi connectivity index (χ0) is 15.1. The van der Waals surface area contributed by atoms with Crippen LogP contribution >= 0.6 is 0 Å².